The maximum atomic E-state index is 14.6. The number of anilines is 1. The SMILES string of the molecule is CNCc1cc(O)cc([C@H]2C[C@@]3(C)[C@H]4CCC5=C([C@H](C)C[C@@H](O)[C@H]6O[C@]6(C)[C@H]6CCC[C@@H]6c6cccc(N)c6)C(=O)C[C@]5(C)[C@@]4(CCO)C[C@@H](O)[C@H]3C(C)(C)C2=O)c1. The second-order valence-corrected chi connectivity index (χ2v) is 20.8. The van der Waals surface area contributed by atoms with E-state index in [1.165, 1.54) is 5.56 Å². The van der Waals surface area contributed by atoms with Gasteiger partial charge in [0.2, 0.25) is 0 Å². The molecule has 9 nitrogen and oxygen atoms in total. The van der Waals surface area contributed by atoms with Crippen molar-refractivity contribution >= 4 is 17.3 Å². The van der Waals surface area contributed by atoms with E-state index in [-0.39, 0.29) is 53.7 Å². The van der Waals surface area contributed by atoms with Crippen LogP contribution in [0.2, 0.25) is 0 Å². The molecule has 1 aliphatic heterocycles. The smallest absolute Gasteiger partial charge is 0.159 e. The highest BCUT2D eigenvalue weighted by atomic mass is 16.6. The van der Waals surface area contributed by atoms with Gasteiger partial charge in [-0.15, -0.1) is 0 Å². The summed E-state index contributed by atoms with van der Waals surface area (Å²) in [7, 11) is 1.86. The first-order valence-electron chi connectivity index (χ1n) is 22.1. The minimum Gasteiger partial charge on any atom is -0.508 e. The van der Waals surface area contributed by atoms with Crippen LogP contribution in [0.3, 0.4) is 0 Å². The second-order valence-electron chi connectivity index (χ2n) is 20.8. The third kappa shape index (κ3) is 6.18. The molecule has 5 fully saturated rings. The number of hydrogen-bond acceptors (Lipinski definition) is 9. The van der Waals surface area contributed by atoms with Crippen LogP contribution in [-0.2, 0) is 20.9 Å². The number of hydrogen-bond donors (Lipinski definition) is 6. The zero-order valence-corrected chi connectivity index (χ0v) is 35.8. The Bertz CT molecular complexity index is 1990. The normalized spacial score (nSPS) is 40.2. The van der Waals surface area contributed by atoms with Gasteiger partial charge in [-0.25, -0.2) is 0 Å². The molecule has 13 atom stereocenters. The maximum absolute atomic E-state index is 14.6. The van der Waals surface area contributed by atoms with Crippen molar-refractivity contribution in [1.82, 2.24) is 5.32 Å². The van der Waals surface area contributed by atoms with Gasteiger partial charge in [-0.2, -0.15) is 0 Å². The van der Waals surface area contributed by atoms with Gasteiger partial charge < -0.3 is 36.2 Å². The highest BCUT2D eigenvalue weighted by molar-refractivity contribution is 6.00. The summed E-state index contributed by atoms with van der Waals surface area (Å²) >= 11 is 0. The highest BCUT2D eigenvalue weighted by Crippen LogP contribution is 2.76. The van der Waals surface area contributed by atoms with Crippen molar-refractivity contribution < 1.29 is 34.8 Å². The fourth-order valence-electron chi connectivity index (χ4n) is 15.2. The summed E-state index contributed by atoms with van der Waals surface area (Å²) in [5.41, 5.74) is 8.88. The van der Waals surface area contributed by atoms with Gasteiger partial charge in [0.25, 0.3) is 0 Å². The van der Waals surface area contributed by atoms with Crippen LogP contribution in [0.4, 0.5) is 5.69 Å². The van der Waals surface area contributed by atoms with Crippen molar-refractivity contribution in [3.05, 3.63) is 70.3 Å². The molecule has 0 radical (unpaired) electrons. The van der Waals surface area contributed by atoms with E-state index in [0.717, 1.165) is 60.1 Å². The lowest BCUT2D eigenvalue weighted by molar-refractivity contribution is -0.228. The number of epoxide rings is 1. The fraction of sp³-hybridized carbons (Fsp3) is 0.673. The largest absolute Gasteiger partial charge is 0.508 e. The molecule has 6 aliphatic rings. The molecular weight excluding hydrogens is 729 g/mol. The van der Waals surface area contributed by atoms with E-state index in [0.29, 0.717) is 44.6 Å². The number of ether oxygens (including phenoxy) is 1. The Kier molecular flexibility index (Phi) is 10.4. The number of aliphatic hydroxyl groups is 3. The summed E-state index contributed by atoms with van der Waals surface area (Å²) in [6, 6.07) is 13.6. The molecule has 0 amide bonds. The van der Waals surface area contributed by atoms with Crippen LogP contribution in [0.25, 0.3) is 0 Å². The molecule has 0 aromatic heterocycles. The molecule has 5 aliphatic carbocycles. The van der Waals surface area contributed by atoms with Gasteiger partial charge in [-0.3, -0.25) is 9.59 Å². The van der Waals surface area contributed by atoms with Crippen LogP contribution >= 0.6 is 0 Å². The zero-order valence-electron chi connectivity index (χ0n) is 35.8. The average Bonchev–Trinajstić information content (AvgIpc) is 3.45. The summed E-state index contributed by atoms with van der Waals surface area (Å²) < 4.78 is 6.45. The number of nitrogens with two attached hydrogens (primary N) is 1. The predicted molar refractivity (Wildman–Crippen MR) is 225 cm³/mol. The first-order valence-corrected chi connectivity index (χ1v) is 22.1. The zero-order chi connectivity index (χ0) is 41.7. The molecule has 316 valence electrons. The number of carbonyl (C=O) groups is 2. The van der Waals surface area contributed by atoms with Crippen LogP contribution in [0, 0.1) is 45.3 Å². The number of ketones is 2. The van der Waals surface area contributed by atoms with Gasteiger partial charge in [0.05, 0.1) is 17.8 Å². The monoisotopic (exact) mass is 797 g/mol. The Morgan fingerprint density at radius 2 is 1.76 bits per heavy atom. The predicted octanol–water partition coefficient (Wildman–Crippen LogP) is 7.35. The summed E-state index contributed by atoms with van der Waals surface area (Å²) in [5, 5.41) is 49.1. The Balaban J connectivity index is 1.09. The van der Waals surface area contributed by atoms with E-state index in [9.17, 15) is 30.0 Å². The number of aliphatic hydroxyl groups excluding tert-OH is 3. The van der Waals surface area contributed by atoms with Crippen LogP contribution in [0.1, 0.15) is 134 Å². The lowest BCUT2D eigenvalue weighted by Crippen LogP contribution is -2.68. The molecule has 2 aromatic rings. The molecule has 9 heteroatoms. The Morgan fingerprint density at radius 1 is 1.00 bits per heavy atom. The van der Waals surface area contributed by atoms with Crippen LogP contribution in [-0.4, -0.2) is 69.6 Å². The number of aromatic hydroxyl groups is 1. The number of fused-ring (bicyclic) bond motifs is 5. The Labute approximate surface area is 345 Å². The van der Waals surface area contributed by atoms with E-state index in [2.05, 4.69) is 45.1 Å². The van der Waals surface area contributed by atoms with E-state index >= 15 is 0 Å². The lowest BCUT2D eigenvalue weighted by atomic mass is 9.34. The van der Waals surface area contributed by atoms with Gasteiger partial charge in [0.15, 0.2) is 5.78 Å². The number of carbonyl (C=O) groups excluding carboxylic acids is 2. The first-order chi connectivity index (χ1) is 27.4. The Morgan fingerprint density at radius 3 is 2.47 bits per heavy atom. The van der Waals surface area contributed by atoms with E-state index in [1.807, 2.05) is 39.1 Å². The number of phenolic OH excluding ortho intramolecular Hbond substituents is 1. The molecular formula is C49H68N2O7. The maximum Gasteiger partial charge on any atom is 0.159 e. The molecule has 4 saturated carbocycles. The van der Waals surface area contributed by atoms with Crippen molar-refractivity contribution in [3.8, 4) is 5.75 Å². The third-order valence-electron chi connectivity index (χ3n) is 17.4. The van der Waals surface area contributed by atoms with Crippen LogP contribution in [0.5, 0.6) is 5.75 Å². The van der Waals surface area contributed by atoms with Gasteiger partial charge in [-0.1, -0.05) is 64.8 Å². The van der Waals surface area contributed by atoms with Crippen molar-refractivity contribution in [2.24, 2.45) is 45.3 Å². The number of allylic oxidation sites excluding steroid dienone is 2. The minimum absolute atomic E-state index is 0.0335. The standard InChI is InChI=1S/C49H68N2O7/c1-27(18-37(54)44-48(6,58-44)35-13-9-12-33(35)29-10-8-11-31(50)21-29)41-36-14-15-40-46(4)23-34(30-19-28(26-51-7)20-32(53)22-30)43(57)45(2,3)42(46)39(56)25-49(40,16-17-52)47(36,5)24-38(41)55/h8,10-11,19-22,27,33-35,37,39-40,42,44,51-54,56H,9,12-18,23-26,50H2,1-7H3/t27-,33-,34-,35+,37-,39-,40-,42+,44-,46+,47+,48-,49+/m1/s1. The van der Waals surface area contributed by atoms with Gasteiger partial charge in [0.1, 0.15) is 17.6 Å². The number of phenols is 1. The average molecular weight is 797 g/mol. The first kappa shape index (κ1) is 41.6. The minimum atomic E-state index is -0.845. The molecule has 0 bridgehead atoms. The molecule has 1 saturated heterocycles. The van der Waals surface area contributed by atoms with Crippen molar-refractivity contribution in [3.63, 3.8) is 0 Å². The molecule has 1 heterocycles. The second kappa shape index (κ2) is 14.5. The summed E-state index contributed by atoms with van der Waals surface area (Å²) in [4.78, 5) is 29.1. The molecule has 0 spiro atoms. The fourth-order valence-corrected chi connectivity index (χ4v) is 15.2. The summed E-state index contributed by atoms with van der Waals surface area (Å²) in [6.07, 6.45) is 5.04. The number of benzene rings is 2. The summed E-state index contributed by atoms with van der Waals surface area (Å²) in [5.74, 6) is 0.0131. The molecule has 8 rings (SSSR count). The van der Waals surface area contributed by atoms with Crippen LogP contribution < -0.4 is 11.1 Å². The molecule has 58 heavy (non-hydrogen) atoms. The molecule has 7 N–H and O–H groups in total. The van der Waals surface area contributed by atoms with Crippen molar-refractivity contribution in [1.29, 1.82) is 0 Å². The molecule has 2 aromatic carbocycles. The van der Waals surface area contributed by atoms with E-state index in [4.69, 9.17) is 10.5 Å². The van der Waals surface area contributed by atoms with Gasteiger partial charge in [0, 0.05) is 47.9 Å². The quantitative estimate of drug-likeness (QED) is 0.101. The number of rotatable bonds is 11. The topological polar surface area (TPSA) is 166 Å². The van der Waals surface area contributed by atoms with E-state index in [1.54, 1.807) is 12.1 Å². The molecule has 0 unspecified atom stereocenters. The Hall–Kier alpha value is -3.08. The highest BCUT2D eigenvalue weighted by Gasteiger charge is 2.72. The van der Waals surface area contributed by atoms with Crippen molar-refractivity contribution in [2.45, 2.75) is 148 Å². The van der Waals surface area contributed by atoms with Gasteiger partial charge >= 0.3 is 0 Å². The van der Waals surface area contributed by atoms with Crippen molar-refractivity contribution in [2.75, 3.05) is 19.4 Å². The lowest BCUT2D eigenvalue weighted by Gasteiger charge is -2.70. The number of nitrogens with one attached hydrogen (secondary N) is 1. The van der Waals surface area contributed by atoms with Gasteiger partial charge in [-0.05, 0) is 146 Å². The van der Waals surface area contributed by atoms with Crippen LogP contribution in [0.15, 0.2) is 53.6 Å². The van der Waals surface area contributed by atoms with E-state index < -0.39 is 45.4 Å². The third-order valence-corrected chi connectivity index (χ3v) is 17.4. The number of nitrogen functional groups attached to an aromatic ring is 1. The number of Topliss-reactive ketones (excluding diaryl/α,β-unsaturated/α-hetero) is 2. The summed E-state index contributed by atoms with van der Waals surface area (Å²) in [6.45, 7) is 13.2.